The summed E-state index contributed by atoms with van der Waals surface area (Å²) in [5.41, 5.74) is 0.611. The van der Waals surface area contributed by atoms with Crippen LogP contribution in [0.1, 0.15) is 15.2 Å². The van der Waals surface area contributed by atoms with Gasteiger partial charge in [0.05, 0.1) is 9.35 Å². The molecular formula is C13H11Br2NOS2. The molecule has 1 heterocycles. The van der Waals surface area contributed by atoms with E-state index in [0.29, 0.717) is 12.1 Å². The maximum atomic E-state index is 12.0. The molecule has 6 heteroatoms. The molecular weight excluding hydrogens is 410 g/mol. The van der Waals surface area contributed by atoms with Crippen molar-refractivity contribution >= 4 is 61.7 Å². The second kappa shape index (κ2) is 6.92. The molecule has 1 amide bonds. The molecule has 0 unspecified atom stereocenters. The fraction of sp³-hybridized carbons (Fsp3) is 0.154. The van der Waals surface area contributed by atoms with Gasteiger partial charge in [-0.15, -0.1) is 24.0 Å². The fourth-order valence-electron chi connectivity index (χ4n) is 1.57. The molecule has 19 heavy (non-hydrogen) atoms. The Morgan fingerprint density at radius 3 is 2.74 bits per heavy atom. The minimum absolute atomic E-state index is 0.0848. The lowest BCUT2D eigenvalue weighted by Gasteiger charge is -2.07. The summed E-state index contributed by atoms with van der Waals surface area (Å²) >= 11 is 12.7. The number of hydrogen-bond donors (Lipinski definition) is 2. The lowest BCUT2D eigenvalue weighted by Crippen LogP contribution is -2.25. The average Bonchev–Trinajstić information content (AvgIpc) is 2.78. The number of carbonyl (C=O) groups excluding carboxylic acids is 1. The van der Waals surface area contributed by atoms with Gasteiger partial charge in [0, 0.05) is 20.8 Å². The maximum Gasteiger partial charge on any atom is 0.252 e. The Bertz CT molecular complexity index is 598. The minimum Gasteiger partial charge on any atom is -0.352 e. The Balaban J connectivity index is 1.92. The third-order valence-corrected chi connectivity index (χ3v) is 5.13. The number of amides is 1. The molecule has 0 atom stereocenters. The summed E-state index contributed by atoms with van der Waals surface area (Å²) in [6.07, 6.45) is 0.834. The van der Waals surface area contributed by atoms with E-state index in [4.69, 9.17) is 0 Å². The van der Waals surface area contributed by atoms with Crippen LogP contribution < -0.4 is 5.32 Å². The molecule has 0 saturated carbocycles. The van der Waals surface area contributed by atoms with Crippen LogP contribution in [0.5, 0.6) is 0 Å². The molecule has 100 valence electrons. The Kier molecular flexibility index (Phi) is 5.50. The highest BCUT2D eigenvalue weighted by atomic mass is 79.9. The third kappa shape index (κ3) is 4.34. The second-order valence-electron chi connectivity index (χ2n) is 3.88. The van der Waals surface area contributed by atoms with Crippen LogP contribution in [0.15, 0.2) is 43.5 Å². The number of benzene rings is 1. The zero-order valence-electron chi connectivity index (χ0n) is 9.82. The standard InChI is InChI=1S/C13H11Br2NOS2/c14-11-3-1-8(18)7-10(11)13(17)16-6-5-9-2-4-12(15)19-9/h1-4,7,18H,5-6H2,(H,16,17). The van der Waals surface area contributed by atoms with Gasteiger partial charge in [0.1, 0.15) is 0 Å². The number of halogens is 2. The molecule has 0 spiro atoms. The maximum absolute atomic E-state index is 12.0. The van der Waals surface area contributed by atoms with Crippen LogP contribution in [0.25, 0.3) is 0 Å². The molecule has 1 aromatic carbocycles. The Morgan fingerprint density at radius 1 is 1.26 bits per heavy atom. The number of hydrogen-bond acceptors (Lipinski definition) is 3. The molecule has 2 nitrogen and oxygen atoms in total. The zero-order valence-corrected chi connectivity index (χ0v) is 14.7. The first-order valence-corrected chi connectivity index (χ1v) is 8.42. The number of carbonyl (C=O) groups is 1. The van der Waals surface area contributed by atoms with Crippen molar-refractivity contribution in [2.75, 3.05) is 6.54 Å². The number of thiophene rings is 1. The van der Waals surface area contributed by atoms with E-state index in [0.717, 1.165) is 19.6 Å². The first-order valence-electron chi connectivity index (χ1n) is 5.57. The van der Waals surface area contributed by atoms with E-state index in [1.165, 1.54) is 4.88 Å². The molecule has 2 rings (SSSR count). The second-order valence-corrected chi connectivity index (χ2v) is 7.79. The van der Waals surface area contributed by atoms with Gasteiger partial charge >= 0.3 is 0 Å². The first-order chi connectivity index (χ1) is 9.06. The third-order valence-electron chi connectivity index (χ3n) is 2.48. The predicted molar refractivity (Wildman–Crippen MR) is 89.5 cm³/mol. The fourth-order valence-corrected chi connectivity index (χ4v) is 3.68. The Hall–Kier alpha value is -0.300. The van der Waals surface area contributed by atoms with Gasteiger partial charge in [-0.05, 0) is 68.6 Å². The van der Waals surface area contributed by atoms with Crippen LogP contribution in [0.4, 0.5) is 0 Å². The zero-order chi connectivity index (χ0) is 13.8. The summed E-state index contributed by atoms with van der Waals surface area (Å²) in [7, 11) is 0. The summed E-state index contributed by atoms with van der Waals surface area (Å²) in [4.78, 5) is 14.1. The van der Waals surface area contributed by atoms with E-state index in [2.05, 4.69) is 55.9 Å². The number of nitrogens with one attached hydrogen (secondary N) is 1. The SMILES string of the molecule is O=C(NCCc1ccc(Br)s1)c1cc(S)ccc1Br. The van der Waals surface area contributed by atoms with E-state index in [1.807, 2.05) is 18.2 Å². The van der Waals surface area contributed by atoms with Gasteiger partial charge in [0.2, 0.25) is 0 Å². The van der Waals surface area contributed by atoms with E-state index in [1.54, 1.807) is 17.4 Å². The molecule has 0 bridgehead atoms. The number of thiol groups is 1. The molecule has 2 aromatic rings. The van der Waals surface area contributed by atoms with Gasteiger partial charge in [-0.1, -0.05) is 0 Å². The van der Waals surface area contributed by atoms with E-state index < -0.39 is 0 Å². The highest BCUT2D eigenvalue weighted by Crippen LogP contribution is 2.22. The van der Waals surface area contributed by atoms with Crippen molar-refractivity contribution in [1.29, 1.82) is 0 Å². The van der Waals surface area contributed by atoms with Gasteiger partial charge in [0.25, 0.3) is 5.91 Å². The lowest BCUT2D eigenvalue weighted by molar-refractivity contribution is 0.0953. The molecule has 0 aliphatic rings. The Morgan fingerprint density at radius 2 is 2.05 bits per heavy atom. The lowest BCUT2D eigenvalue weighted by atomic mass is 10.2. The number of rotatable bonds is 4. The van der Waals surface area contributed by atoms with Gasteiger partial charge in [-0.25, -0.2) is 0 Å². The molecule has 0 fully saturated rings. The summed E-state index contributed by atoms with van der Waals surface area (Å²) in [5.74, 6) is -0.0848. The quantitative estimate of drug-likeness (QED) is 0.698. The van der Waals surface area contributed by atoms with Crippen molar-refractivity contribution in [3.05, 3.63) is 49.0 Å². The van der Waals surface area contributed by atoms with Crippen molar-refractivity contribution in [1.82, 2.24) is 5.32 Å². The predicted octanol–water partition coefficient (Wildman–Crippen LogP) is 4.53. The average molecular weight is 421 g/mol. The topological polar surface area (TPSA) is 29.1 Å². The van der Waals surface area contributed by atoms with Crippen LogP contribution >= 0.6 is 55.8 Å². The van der Waals surface area contributed by atoms with Gasteiger partial charge in [0.15, 0.2) is 0 Å². The smallest absolute Gasteiger partial charge is 0.252 e. The highest BCUT2D eigenvalue weighted by molar-refractivity contribution is 9.11. The van der Waals surface area contributed by atoms with E-state index >= 15 is 0 Å². The van der Waals surface area contributed by atoms with Crippen molar-refractivity contribution in [3.63, 3.8) is 0 Å². The van der Waals surface area contributed by atoms with E-state index in [9.17, 15) is 4.79 Å². The van der Waals surface area contributed by atoms with Crippen molar-refractivity contribution in [2.45, 2.75) is 11.3 Å². The van der Waals surface area contributed by atoms with Crippen LogP contribution in [-0.2, 0) is 6.42 Å². The summed E-state index contributed by atoms with van der Waals surface area (Å²) in [5, 5.41) is 2.91. The van der Waals surface area contributed by atoms with Crippen LogP contribution in [0, 0.1) is 0 Å². The first kappa shape index (κ1) is 15.1. The van der Waals surface area contributed by atoms with Crippen LogP contribution in [-0.4, -0.2) is 12.5 Å². The van der Waals surface area contributed by atoms with Gasteiger partial charge in [-0.2, -0.15) is 0 Å². The molecule has 0 aliphatic carbocycles. The highest BCUT2D eigenvalue weighted by Gasteiger charge is 2.09. The molecule has 1 aromatic heterocycles. The normalized spacial score (nSPS) is 10.5. The summed E-state index contributed by atoms with van der Waals surface area (Å²) in [6, 6.07) is 9.50. The van der Waals surface area contributed by atoms with Gasteiger partial charge < -0.3 is 5.32 Å². The minimum atomic E-state index is -0.0848. The Labute approximate surface area is 138 Å². The molecule has 0 saturated heterocycles. The molecule has 0 aliphatic heterocycles. The summed E-state index contributed by atoms with van der Waals surface area (Å²) in [6.45, 7) is 0.620. The van der Waals surface area contributed by atoms with Crippen LogP contribution in [0.2, 0.25) is 0 Å². The molecule has 1 N–H and O–H groups in total. The van der Waals surface area contributed by atoms with E-state index in [-0.39, 0.29) is 5.91 Å². The molecule has 0 radical (unpaired) electrons. The monoisotopic (exact) mass is 419 g/mol. The van der Waals surface area contributed by atoms with Crippen molar-refractivity contribution in [3.8, 4) is 0 Å². The van der Waals surface area contributed by atoms with Gasteiger partial charge in [-0.3, -0.25) is 4.79 Å². The van der Waals surface area contributed by atoms with Crippen LogP contribution in [0.3, 0.4) is 0 Å². The van der Waals surface area contributed by atoms with Crippen molar-refractivity contribution in [2.24, 2.45) is 0 Å². The van der Waals surface area contributed by atoms with Crippen molar-refractivity contribution < 1.29 is 4.79 Å². The summed E-state index contributed by atoms with van der Waals surface area (Å²) < 4.78 is 1.89. The largest absolute Gasteiger partial charge is 0.352 e.